The number of benzene rings is 4. The van der Waals surface area contributed by atoms with Crippen LogP contribution < -0.4 is 0 Å². The van der Waals surface area contributed by atoms with Crippen LogP contribution in [-0.4, -0.2) is 23.1 Å². The maximum absolute atomic E-state index is 13.7. The molecule has 0 spiro atoms. The van der Waals surface area contributed by atoms with Crippen molar-refractivity contribution in [3.63, 3.8) is 0 Å². The van der Waals surface area contributed by atoms with Gasteiger partial charge in [-0.2, -0.15) is 0 Å². The van der Waals surface area contributed by atoms with E-state index in [9.17, 15) is 19.2 Å². The number of rotatable bonds is 10. The highest BCUT2D eigenvalue weighted by Crippen LogP contribution is 2.29. The molecule has 0 aliphatic rings. The summed E-state index contributed by atoms with van der Waals surface area (Å²) in [4.78, 5) is 54.9. The van der Waals surface area contributed by atoms with Crippen molar-refractivity contribution < 1.29 is 19.2 Å². The van der Waals surface area contributed by atoms with Gasteiger partial charge < -0.3 is 0 Å². The molecule has 0 saturated carbocycles. The molecule has 8 heteroatoms. The van der Waals surface area contributed by atoms with Crippen molar-refractivity contribution in [2.75, 3.05) is 0 Å². The van der Waals surface area contributed by atoms with E-state index in [0.29, 0.717) is 20.1 Å². The predicted octanol–water partition coefficient (Wildman–Crippen LogP) is 8.75. The maximum atomic E-state index is 13.7. The zero-order valence-corrected chi connectivity index (χ0v) is 23.3. The minimum Gasteiger partial charge on any atom is -0.293 e. The SMILES string of the molecule is O=C(c1ccc(Cl)cc1)C(CC(C(=O)c1ccc(Cl)cc1)C(=O)c1ccc(Cl)cc1)C(=O)c1ccc(Cl)cc1. The molecule has 0 aliphatic heterocycles. The molecule has 0 radical (unpaired) electrons. The quantitative estimate of drug-likeness (QED) is 0.135. The van der Waals surface area contributed by atoms with E-state index in [-0.39, 0.29) is 28.7 Å². The largest absolute Gasteiger partial charge is 0.293 e. The average Bonchev–Trinajstić information content (AvgIpc) is 2.94. The number of Topliss-reactive ketones (excluding diaryl/α,β-unsaturated/α-hetero) is 4. The Morgan fingerprint density at radius 3 is 0.744 bits per heavy atom. The van der Waals surface area contributed by atoms with Crippen LogP contribution >= 0.6 is 46.4 Å². The Morgan fingerprint density at radius 1 is 0.385 bits per heavy atom. The van der Waals surface area contributed by atoms with Gasteiger partial charge in [-0.1, -0.05) is 46.4 Å². The molecule has 4 aromatic carbocycles. The van der Waals surface area contributed by atoms with Crippen molar-refractivity contribution in [1.29, 1.82) is 0 Å². The molecule has 0 aromatic heterocycles. The summed E-state index contributed by atoms with van der Waals surface area (Å²) in [7, 11) is 0. The highest BCUT2D eigenvalue weighted by atomic mass is 35.5. The maximum Gasteiger partial charge on any atom is 0.173 e. The van der Waals surface area contributed by atoms with Gasteiger partial charge in [0.15, 0.2) is 23.1 Å². The summed E-state index contributed by atoms with van der Waals surface area (Å²) in [5.41, 5.74) is 0.901. The number of hydrogen-bond donors (Lipinski definition) is 0. The summed E-state index contributed by atoms with van der Waals surface area (Å²) in [6.07, 6.45) is -0.355. The lowest BCUT2D eigenvalue weighted by Crippen LogP contribution is -2.33. The van der Waals surface area contributed by atoms with Gasteiger partial charge in [-0.25, -0.2) is 0 Å². The van der Waals surface area contributed by atoms with Crippen molar-refractivity contribution in [3.8, 4) is 0 Å². The van der Waals surface area contributed by atoms with Gasteiger partial charge in [0.25, 0.3) is 0 Å². The van der Waals surface area contributed by atoms with Crippen LogP contribution in [0.25, 0.3) is 0 Å². The van der Waals surface area contributed by atoms with Crippen LogP contribution in [-0.2, 0) is 0 Å². The molecule has 0 amide bonds. The van der Waals surface area contributed by atoms with Gasteiger partial charge in [-0.15, -0.1) is 0 Å². The van der Waals surface area contributed by atoms with Crippen molar-refractivity contribution in [2.45, 2.75) is 6.42 Å². The second kappa shape index (κ2) is 12.7. The first kappa shape index (κ1) is 28.7. The molecule has 4 rings (SSSR count). The summed E-state index contributed by atoms with van der Waals surface area (Å²) < 4.78 is 0. The first-order chi connectivity index (χ1) is 18.6. The Balaban J connectivity index is 1.79. The monoisotopic (exact) mass is 596 g/mol. The van der Waals surface area contributed by atoms with Gasteiger partial charge in [0.1, 0.15) is 0 Å². The van der Waals surface area contributed by atoms with E-state index in [4.69, 9.17) is 46.4 Å². The Kier molecular flexibility index (Phi) is 9.36. The summed E-state index contributed by atoms with van der Waals surface area (Å²) in [6, 6.07) is 24.3. The molecular formula is C31H20Cl4O4. The van der Waals surface area contributed by atoms with Crippen molar-refractivity contribution in [2.24, 2.45) is 11.8 Å². The highest BCUT2D eigenvalue weighted by molar-refractivity contribution is 6.32. The lowest BCUT2D eigenvalue weighted by atomic mass is 9.78. The van der Waals surface area contributed by atoms with Crippen LogP contribution in [0.4, 0.5) is 0 Å². The molecule has 39 heavy (non-hydrogen) atoms. The Hall–Kier alpha value is -3.28. The van der Waals surface area contributed by atoms with Crippen molar-refractivity contribution >= 4 is 69.5 Å². The van der Waals surface area contributed by atoms with E-state index in [0.717, 1.165) is 0 Å². The Morgan fingerprint density at radius 2 is 0.564 bits per heavy atom. The molecule has 0 bridgehead atoms. The predicted molar refractivity (Wildman–Crippen MR) is 155 cm³/mol. The van der Waals surface area contributed by atoms with Crippen molar-refractivity contribution in [3.05, 3.63) is 139 Å². The third-order valence-electron chi connectivity index (χ3n) is 6.25. The molecule has 0 aliphatic carbocycles. The van der Waals surface area contributed by atoms with Gasteiger partial charge >= 0.3 is 0 Å². The van der Waals surface area contributed by atoms with E-state index < -0.39 is 35.0 Å². The minimum absolute atomic E-state index is 0.225. The van der Waals surface area contributed by atoms with E-state index in [1.807, 2.05) is 0 Å². The standard InChI is InChI=1S/C31H20Cl4O4/c32-22-9-1-18(2-10-22)28(36)26(29(37)19-3-11-23(33)12-4-19)17-27(30(38)20-5-13-24(34)14-6-20)31(39)21-7-15-25(35)16-8-21/h1-16,26-27H,17H2. The fourth-order valence-electron chi connectivity index (χ4n) is 4.16. The third-order valence-corrected chi connectivity index (χ3v) is 7.26. The number of hydrogen-bond acceptors (Lipinski definition) is 4. The molecule has 0 N–H and O–H groups in total. The van der Waals surface area contributed by atoms with Crippen LogP contribution in [0.5, 0.6) is 0 Å². The van der Waals surface area contributed by atoms with Gasteiger partial charge in [-0.3, -0.25) is 19.2 Å². The zero-order valence-electron chi connectivity index (χ0n) is 20.2. The highest BCUT2D eigenvalue weighted by Gasteiger charge is 2.37. The molecule has 196 valence electrons. The first-order valence-corrected chi connectivity index (χ1v) is 13.3. The summed E-state index contributed by atoms with van der Waals surface area (Å²) in [5, 5.41) is 1.67. The first-order valence-electron chi connectivity index (χ1n) is 11.8. The minimum atomic E-state index is -1.34. The van der Waals surface area contributed by atoms with Crippen LogP contribution in [0.15, 0.2) is 97.1 Å². The summed E-state index contributed by atoms with van der Waals surface area (Å²) in [5.74, 6) is -4.84. The number of ketones is 4. The second-order valence-electron chi connectivity index (χ2n) is 8.83. The number of carbonyl (C=O) groups is 4. The van der Waals surface area contributed by atoms with Crippen LogP contribution in [0.3, 0.4) is 0 Å². The normalized spacial score (nSPS) is 11.0. The molecule has 4 nitrogen and oxygen atoms in total. The molecule has 4 aromatic rings. The topological polar surface area (TPSA) is 68.3 Å². The van der Waals surface area contributed by atoms with Crippen molar-refractivity contribution in [1.82, 2.24) is 0 Å². The second-order valence-corrected chi connectivity index (χ2v) is 10.6. The Bertz CT molecular complexity index is 1280. The molecular weight excluding hydrogens is 578 g/mol. The van der Waals surface area contributed by atoms with Gasteiger partial charge in [-0.05, 0) is 103 Å². The smallest absolute Gasteiger partial charge is 0.173 e. The van der Waals surface area contributed by atoms with Crippen LogP contribution in [0.2, 0.25) is 20.1 Å². The van der Waals surface area contributed by atoms with E-state index in [1.165, 1.54) is 97.1 Å². The van der Waals surface area contributed by atoms with Gasteiger partial charge in [0.05, 0.1) is 11.8 Å². The third kappa shape index (κ3) is 7.03. The lowest BCUT2D eigenvalue weighted by Gasteiger charge is -2.21. The van der Waals surface area contributed by atoms with Gasteiger partial charge in [0, 0.05) is 42.3 Å². The summed E-state index contributed by atoms with van der Waals surface area (Å²) in [6.45, 7) is 0. The zero-order chi connectivity index (χ0) is 28.1. The number of carbonyl (C=O) groups excluding carboxylic acids is 4. The molecule has 0 atom stereocenters. The Labute approximate surface area is 245 Å². The fraction of sp³-hybridized carbons (Fsp3) is 0.0968. The van der Waals surface area contributed by atoms with Crippen LogP contribution in [0.1, 0.15) is 47.9 Å². The summed E-state index contributed by atoms with van der Waals surface area (Å²) >= 11 is 24.0. The van der Waals surface area contributed by atoms with E-state index >= 15 is 0 Å². The van der Waals surface area contributed by atoms with E-state index in [2.05, 4.69) is 0 Å². The fourth-order valence-corrected chi connectivity index (χ4v) is 4.67. The molecule has 0 unspecified atom stereocenters. The van der Waals surface area contributed by atoms with Gasteiger partial charge in [0.2, 0.25) is 0 Å². The van der Waals surface area contributed by atoms with Crippen LogP contribution in [0, 0.1) is 11.8 Å². The molecule has 0 fully saturated rings. The lowest BCUT2D eigenvalue weighted by molar-refractivity contribution is 0.0728. The van der Waals surface area contributed by atoms with E-state index in [1.54, 1.807) is 0 Å². The average molecular weight is 598 g/mol. The molecule has 0 saturated heterocycles. The number of halogens is 4. The molecule has 0 heterocycles.